The SMILES string of the molecule is CCCCCCCCCCCCCCC(=O)N[C@H](Nc1ccc(C)cc1C)C(Cl)(Cl)Cl. The van der Waals surface area contributed by atoms with Crippen molar-refractivity contribution in [2.75, 3.05) is 5.32 Å². The summed E-state index contributed by atoms with van der Waals surface area (Å²) in [6.07, 6.45) is 14.8. The molecule has 0 aliphatic carbocycles. The lowest BCUT2D eigenvalue weighted by Crippen LogP contribution is -2.49. The highest BCUT2D eigenvalue weighted by Crippen LogP contribution is 2.32. The third kappa shape index (κ3) is 13.5. The average Bonchev–Trinajstić information content (AvgIpc) is 2.69. The normalized spacial score (nSPS) is 12.6. The summed E-state index contributed by atoms with van der Waals surface area (Å²) >= 11 is 18.3. The van der Waals surface area contributed by atoms with Gasteiger partial charge in [-0.1, -0.05) is 130 Å². The van der Waals surface area contributed by atoms with Gasteiger partial charge in [-0.15, -0.1) is 0 Å². The molecule has 0 heterocycles. The summed E-state index contributed by atoms with van der Waals surface area (Å²) in [4.78, 5) is 12.4. The molecule has 1 aromatic carbocycles. The number of anilines is 1. The lowest BCUT2D eigenvalue weighted by molar-refractivity contribution is -0.121. The van der Waals surface area contributed by atoms with Gasteiger partial charge in [-0.25, -0.2) is 0 Å². The fourth-order valence-electron chi connectivity index (χ4n) is 3.69. The van der Waals surface area contributed by atoms with Crippen LogP contribution in [0.25, 0.3) is 0 Å². The molecule has 0 fully saturated rings. The van der Waals surface area contributed by atoms with Crippen molar-refractivity contribution in [3.63, 3.8) is 0 Å². The molecular formula is C25H41Cl3N2O. The van der Waals surface area contributed by atoms with Gasteiger partial charge >= 0.3 is 0 Å². The van der Waals surface area contributed by atoms with Gasteiger partial charge in [0.1, 0.15) is 6.17 Å². The Hall–Kier alpha value is -0.640. The van der Waals surface area contributed by atoms with E-state index in [-0.39, 0.29) is 5.91 Å². The predicted molar refractivity (Wildman–Crippen MR) is 137 cm³/mol. The monoisotopic (exact) mass is 490 g/mol. The van der Waals surface area contributed by atoms with Crippen molar-refractivity contribution in [1.29, 1.82) is 0 Å². The fourth-order valence-corrected chi connectivity index (χ4v) is 4.02. The maximum atomic E-state index is 12.4. The van der Waals surface area contributed by atoms with Gasteiger partial charge in [-0.05, 0) is 31.9 Å². The highest BCUT2D eigenvalue weighted by molar-refractivity contribution is 6.68. The van der Waals surface area contributed by atoms with Gasteiger partial charge in [0.05, 0.1) is 0 Å². The van der Waals surface area contributed by atoms with Crippen LogP contribution in [0.4, 0.5) is 5.69 Å². The molecule has 0 aliphatic heterocycles. The minimum Gasteiger partial charge on any atom is -0.362 e. The van der Waals surface area contributed by atoms with Crippen LogP contribution in [0.2, 0.25) is 0 Å². The van der Waals surface area contributed by atoms with Crippen LogP contribution in [-0.2, 0) is 4.79 Å². The lowest BCUT2D eigenvalue weighted by Gasteiger charge is -2.28. The highest BCUT2D eigenvalue weighted by atomic mass is 35.6. The minimum atomic E-state index is -1.65. The van der Waals surface area contributed by atoms with Gasteiger partial charge in [0.25, 0.3) is 0 Å². The van der Waals surface area contributed by atoms with Crippen molar-refractivity contribution in [1.82, 2.24) is 5.32 Å². The Morgan fingerprint density at radius 1 is 0.871 bits per heavy atom. The molecule has 1 aromatic rings. The first-order valence-corrected chi connectivity index (χ1v) is 13.1. The Kier molecular flexibility index (Phi) is 14.7. The number of amides is 1. The second-order valence-electron chi connectivity index (χ2n) is 8.64. The second-order valence-corrected chi connectivity index (χ2v) is 11.0. The average molecular weight is 492 g/mol. The van der Waals surface area contributed by atoms with Crippen molar-refractivity contribution >= 4 is 46.4 Å². The maximum Gasteiger partial charge on any atom is 0.228 e. The number of hydrogen-bond acceptors (Lipinski definition) is 2. The third-order valence-corrected chi connectivity index (χ3v) is 6.23. The molecule has 1 amide bonds. The van der Waals surface area contributed by atoms with Gasteiger partial charge in [0.15, 0.2) is 0 Å². The van der Waals surface area contributed by atoms with E-state index in [0.717, 1.165) is 29.7 Å². The van der Waals surface area contributed by atoms with Crippen LogP contribution >= 0.6 is 34.8 Å². The number of hydrogen-bond donors (Lipinski definition) is 2. The van der Waals surface area contributed by atoms with Crippen LogP contribution in [0.1, 0.15) is 102 Å². The number of aryl methyl sites for hydroxylation is 2. The zero-order chi connectivity index (χ0) is 23.1. The van der Waals surface area contributed by atoms with E-state index in [2.05, 4.69) is 17.6 Å². The molecule has 0 unspecified atom stereocenters. The molecular weight excluding hydrogens is 451 g/mol. The van der Waals surface area contributed by atoms with Crippen LogP contribution in [0, 0.1) is 13.8 Å². The van der Waals surface area contributed by atoms with Crippen molar-refractivity contribution in [2.24, 2.45) is 0 Å². The summed E-state index contributed by atoms with van der Waals surface area (Å²) in [6.45, 7) is 6.27. The van der Waals surface area contributed by atoms with Crippen LogP contribution in [0.3, 0.4) is 0 Å². The molecule has 0 saturated carbocycles. The molecule has 0 aliphatic rings. The first kappa shape index (κ1) is 28.4. The second kappa shape index (κ2) is 16.0. The van der Waals surface area contributed by atoms with Gasteiger partial charge in [-0.2, -0.15) is 0 Å². The number of halogens is 3. The predicted octanol–water partition coefficient (Wildman–Crippen LogP) is 8.62. The fraction of sp³-hybridized carbons (Fsp3) is 0.720. The Labute approximate surface area is 205 Å². The van der Waals surface area contributed by atoms with Gasteiger partial charge < -0.3 is 10.6 Å². The van der Waals surface area contributed by atoms with Gasteiger partial charge in [0, 0.05) is 12.1 Å². The third-order valence-electron chi connectivity index (χ3n) is 5.57. The zero-order valence-electron chi connectivity index (χ0n) is 19.5. The number of unbranched alkanes of at least 4 members (excludes halogenated alkanes) is 11. The number of carbonyl (C=O) groups is 1. The van der Waals surface area contributed by atoms with E-state index in [1.165, 1.54) is 64.2 Å². The van der Waals surface area contributed by atoms with E-state index >= 15 is 0 Å². The van der Waals surface area contributed by atoms with E-state index in [1.807, 2.05) is 32.0 Å². The van der Waals surface area contributed by atoms with E-state index in [9.17, 15) is 4.79 Å². The molecule has 0 radical (unpaired) electrons. The number of rotatable bonds is 16. The summed E-state index contributed by atoms with van der Waals surface area (Å²) in [5.41, 5.74) is 3.03. The van der Waals surface area contributed by atoms with Gasteiger partial charge in [-0.3, -0.25) is 4.79 Å². The number of nitrogens with one attached hydrogen (secondary N) is 2. The van der Waals surface area contributed by atoms with E-state index in [4.69, 9.17) is 34.8 Å². The van der Waals surface area contributed by atoms with E-state index in [1.54, 1.807) is 0 Å². The number of alkyl halides is 3. The molecule has 178 valence electrons. The van der Waals surface area contributed by atoms with Crippen molar-refractivity contribution in [2.45, 2.75) is 114 Å². The quantitative estimate of drug-likeness (QED) is 0.138. The molecule has 1 atom stereocenters. The molecule has 6 heteroatoms. The van der Waals surface area contributed by atoms with E-state index in [0.29, 0.717) is 6.42 Å². The largest absolute Gasteiger partial charge is 0.362 e. The first-order valence-electron chi connectivity index (χ1n) is 11.9. The molecule has 31 heavy (non-hydrogen) atoms. The van der Waals surface area contributed by atoms with Crippen LogP contribution in [-0.4, -0.2) is 15.9 Å². The van der Waals surface area contributed by atoms with Crippen LogP contribution < -0.4 is 10.6 Å². The molecule has 0 aromatic heterocycles. The summed E-state index contributed by atoms with van der Waals surface area (Å²) < 4.78 is -1.65. The Morgan fingerprint density at radius 2 is 1.39 bits per heavy atom. The van der Waals surface area contributed by atoms with E-state index < -0.39 is 9.96 Å². The molecule has 1 rings (SSSR count). The summed E-state index contributed by atoms with van der Waals surface area (Å²) in [5, 5.41) is 6.00. The van der Waals surface area contributed by atoms with Crippen LogP contribution in [0.5, 0.6) is 0 Å². The Morgan fingerprint density at radius 3 is 1.87 bits per heavy atom. The number of carbonyl (C=O) groups excluding carboxylic acids is 1. The van der Waals surface area contributed by atoms with Crippen molar-refractivity contribution in [3.05, 3.63) is 29.3 Å². The first-order chi connectivity index (χ1) is 14.7. The number of benzene rings is 1. The highest BCUT2D eigenvalue weighted by Gasteiger charge is 2.34. The topological polar surface area (TPSA) is 41.1 Å². The van der Waals surface area contributed by atoms with Crippen molar-refractivity contribution in [3.8, 4) is 0 Å². The zero-order valence-corrected chi connectivity index (χ0v) is 21.8. The lowest BCUT2D eigenvalue weighted by atomic mass is 10.0. The van der Waals surface area contributed by atoms with Crippen molar-refractivity contribution < 1.29 is 4.79 Å². The summed E-state index contributed by atoms with van der Waals surface area (Å²) in [5.74, 6) is -0.0966. The molecule has 0 spiro atoms. The Bertz CT molecular complexity index is 632. The molecule has 3 nitrogen and oxygen atoms in total. The van der Waals surface area contributed by atoms with Crippen LogP contribution in [0.15, 0.2) is 18.2 Å². The smallest absolute Gasteiger partial charge is 0.228 e. The minimum absolute atomic E-state index is 0.0966. The molecule has 2 N–H and O–H groups in total. The molecule has 0 saturated heterocycles. The maximum absolute atomic E-state index is 12.4. The standard InChI is InChI=1S/C25H41Cl3N2O/c1-4-5-6-7-8-9-10-11-12-13-14-15-16-23(31)30-24(25(26,27)28)29-22-18-17-20(2)19-21(22)3/h17-19,24,29H,4-16H2,1-3H3,(H,30,31)/t24-/m0/s1. The Balaban J connectivity index is 2.22. The molecule has 0 bridgehead atoms. The van der Waals surface area contributed by atoms with Gasteiger partial charge in [0.2, 0.25) is 9.70 Å². The summed E-state index contributed by atoms with van der Waals surface area (Å²) in [6, 6.07) is 5.97. The summed E-state index contributed by atoms with van der Waals surface area (Å²) in [7, 11) is 0.